The molecule has 1 aromatic rings. The predicted octanol–water partition coefficient (Wildman–Crippen LogP) is 0.791. The summed E-state index contributed by atoms with van der Waals surface area (Å²) in [4.78, 5) is 6.32. The summed E-state index contributed by atoms with van der Waals surface area (Å²) in [5.74, 6) is 0.0231. The molecule has 18 heavy (non-hydrogen) atoms. The van der Waals surface area contributed by atoms with Gasteiger partial charge in [0, 0.05) is 19.3 Å². The van der Waals surface area contributed by atoms with Crippen LogP contribution in [0.25, 0.3) is 0 Å². The fourth-order valence-electron chi connectivity index (χ4n) is 2.12. The third-order valence-electron chi connectivity index (χ3n) is 2.90. The molecule has 98 valence electrons. The Balaban J connectivity index is 2.33. The van der Waals surface area contributed by atoms with E-state index in [2.05, 4.69) is 15.0 Å². The van der Waals surface area contributed by atoms with Gasteiger partial charge in [-0.2, -0.15) is 0 Å². The highest BCUT2D eigenvalue weighted by Crippen LogP contribution is 2.24. The summed E-state index contributed by atoms with van der Waals surface area (Å²) in [5.41, 5.74) is 6.80. The van der Waals surface area contributed by atoms with Crippen LogP contribution in [-0.4, -0.2) is 41.3 Å². The van der Waals surface area contributed by atoms with Gasteiger partial charge in [-0.05, 0) is 26.0 Å². The molecule has 6 heteroatoms. The van der Waals surface area contributed by atoms with Gasteiger partial charge in [-0.3, -0.25) is 4.98 Å². The van der Waals surface area contributed by atoms with E-state index in [1.54, 1.807) is 6.20 Å². The molecule has 0 aromatic carbocycles. The summed E-state index contributed by atoms with van der Waals surface area (Å²) in [7, 11) is 0. The van der Waals surface area contributed by atoms with Crippen LogP contribution in [0.2, 0.25) is 0 Å². The maximum absolute atomic E-state index is 8.79. The third-order valence-corrected chi connectivity index (χ3v) is 2.90. The van der Waals surface area contributed by atoms with Crippen LogP contribution in [0, 0.1) is 0 Å². The van der Waals surface area contributed by atoms with Gasteiger partial charge in [0.05, 0.1) is 17.9 Å². The molecule has 3 N–H and O–H groups in total. The number of hydrogen-bond acceptors (Lipinski definition) is 5. The molecule has 1 saturated heterocycles. The van der Waals surface area contributed by atoms with Crippen molar-refractivity contribution in [3.63, 3.8) is 0 Å². The van der Waals surface area contributed by atoms with Crippen molar-refractivity contribution in [1.82, 2.24) is 4.98 Å². The number of hydrogen-bond donors (Lipinski definition) is 2. The Hall–Kier alpha value is -1.82. The highest BCUT2D eigenvalue weighted by molar-refractivity contribution is 6.00. The Morgan fingerprint density at radius 2 is 2.39 bits per heavy atom. The van der Waals surface area contributed by atoms with Gasteiger partial charge in [0.25, 0.3) is 0 Å². The molecule has 1 aliphatic rings. The van der Waals surface area contributed by atoms with E-state index in [1.807, 2.05) is 26.0 Å². The quantitative estimate of drug-likeness (QED) is 0.351. The lowest BCUT2D eigenvalue weighted by Gasteiger charge is -2.39. The monoisotopic (exact) mass is 250 g/mol. The predicted molar refractivity (Wildman–Crippen MR) is 69.0 cm³/mol. The first kappa shape index (κ1) is 12.6. The average Bonchev–Trinajstić information content (AvgIpc) is 2.36. The van der Waals surface area contributed by atoms with Gasteiger partial charge >= 0.3 is 0 Å². The lowest BCUT2D eigenvalue weighted by Crippen LogP contribution is -2.49. The molecule has 0 amide bonds. The van der Waals surface area contributed by atoms with Crippen molar-refractivity contribution in [3.05, 3.63) is 24.0 Å². The normalized spacial score (nSPS) is 19.9. The van der Waals surface area contributed by atoms with E-state index in [9.17, 15) is 0 Å². The Labute approximate surface area is 106 Å². The largest absolute Gasteiger partial charge is 0.409 e. The number of anilines is 1. The molecule has 0 bridgehead atoms. The van der Waals surface area contributed by atoms with Crippen LogP contribution in [0.1, 0.15) is 19.5 Å². The molecule has 0 aliphatic carbocycles. The van der Waals surface area contributed by atoms with Crippen LogP contribution in [-0.2, 0) is 4.74 Å². The molecule has 0 radical (unpaired) electrons. The Morgan fingerprint density at radius 3 is 3.06 bits per heavy atom. The topological polar surface area (TPSA) is 84.0 Å². The van der Waals surface area contributed by atoms with Crippen LogP contribution in [0.15, 0.2) is 23.5 Å². The molecule has 0 spiro atoms. The minimum atomic E-state index is -0.212. The Kier molecular flexibility index (Phi) is 3.38. The number of rotatable bonds is 2. The molecule has 2 heterocycles. The van der Waals surface area contributed by atoms with Crippen molar-refractivity contribution in [3.8, 4) is 0 Å². The first-order valence-electron chi connectivity index (χ1n) is 5.85. The number of amidine groups is 1. The first-order chi connectivity index (χ1) is 8.53. The van der Waals surface area contributed by atoms with Crippen molar-refractivity contribution >= 4 is 11.5 Å². The third kappa shape index (κ3) is 2.53. The van der Waals surface area contributed by atoms with Crippen LogP contribution < -0.4 is 10.6 Å². The van der Waals surface area contributed by atoms with Gasteiger partial charge in [0.1, 0.15) is 5.69 Å². The molecule has 0 saturated carbocycles. The number of oxime groups is 1. The number of nitrogens with two attached hydrogens (primary N) is 1. The Bertz CT molecular complexity index is 459. The van der Waals surface area contributed by atoms with Crippen molar-refractivity contribution in [1.29, 1.82) is 0 Å². The van der Waals surface area contributed by atoms with E-state index in [0.717, 1.165) is 18.8 Å². The summed E-state index contributed by atoms with van der Waals surface area (Å²) in [6.45, 7) is 6.24. The maximum atomic E-state index is 8.79. The highest BCUT2D eigenvalue weighted by Gasteiger charge is 2.29. The van der Waals surface area contributed by atoms with E-state index in [4.69, 9.17) is 15.7 Å². The van der Waals surface area contributed by atoms with Gasteiger partial charge in [-0.25, -0.2) is 0 Å². The molecule has 2 rings (SSSR count). The summed E-state index contributed by atoms with van der Waals surface area (Å²) in [6, 6.07) is 3.76. The molecule has 6 nitrogen and oxygen atoms in total. The molecule has 1 aromatic heterocycles. The SMILES string of the molecule is CC1(C)CN(c2cccnc2/C(N)=N/O)CCO1. The van der Waals surface area contributed by atoms with Gasteiger partial charge in [0.2, 0.25) is 0 Å². The van der Waals surface area contributed by atoms with Crippen LogP contribution in [0.5, 0.6) is 0 Å². The molecule has 1 aliphatic heterocycles. The lowest BCUT2D eigenvalue weighted by atomic mass is 10.1. The lowest BCUT2D eigenvalue weighted by molar-refractivity contribution is -0.0277. The van der Waals surface area contributed by atoms with E-state index >= 15 is 0 Å². The summed E-state index contributed by atoms with van der Waals surface area (Å²) >= 11 is 0. The van der Waals surface area contributed by atoms with Gasteiger partial charge in [0.15, 0.2) is 5.84 Å². The fraction of sp³-hybridized carbons (Fsp3) is 0.500. The number of pyridine rings is 1. The smallest absolute Gasteiger partial charge is 0.190 e. The molecular formula is C12H18N4O2. The van der Waals surface area contributed by atoms with Gasteiger partial charge in [-0.15, -0.1) is 0 Å². The van der Waals surface area contributed by atoms with E-state index < -0.39 is 0 Å². The zero-order valence-corrected chi connectivity index (χ0v) is 10.6. The average molecular weight is 250 g/mol. The zero-order valence-electron chi connectivity index (χ0n) is 10.6. The van der Waals surface area contributed by atoms with Gasteiger partial charge < -0.3 is 20.6 Å². The fourth-order valence-corrected chi connectivity index (χ4v) is 2.12. The number of aromatic nitrogens is 1. The van der Waals surface area contributed by atoms with Crippen molar-refractivity contribution < 1.29 is 9.94 Å². The van der Waals surface area contributed by atoms with Crippen LogP contribution in [0.3, 0.4) is 0 Å². The minimum absolute atomic E-state index is 0.0231. The number of morpholine rings is 1. The first-order valence-corrected chi connectivity index (χ1v) is 5.85. The van der Waals surface area contributed by atoms with E-state index in [1.165, 1.54) is 0 Å². The molecule has 1 fully saturated rings. The van der Waals surface area contributed by atoms with E-state index in [-0.39, 0.29) is 11.4 Å². The van der Waals surface area contributed by atoms with Crippen LogP contribution in [0.4, 0.5) is 5.69 Å². The minimum Gasteiger partial charge on any atom is -0.409 e. The number of nitrogens with zero attached hydrogens (tertiary/aromatic N) is 3. The standard InChI is InChI=1S/C12H18N4O2/c1-12(2)8-16(6-7-18-12)9-4-3-5-14-10(9)11(13)15-17/h3-5,17H,6-8H2,1-2H3,(H2,13,15). The maximum Gasteiger partial charge on any atom is 0.190 e. The Morgan fingerprint density at radius 1 is 1.61 bits per heavy atom. The van der Waals surface area contributed by atoms with Crippen LogP contribution >= 0.6 is 0 Å². The summed E-state index contributed by atoms with van der Waals surface area (Å²) in [5, 5.41) is 11.8. The molecule has 0 atom stereocenters. The van der Waals surface area contributed by atoms with Crippen molar-refractivity contribution in [2.75, 3.05) is 24.6 Å². The van der Waals surface area contributed by atoms with Crippen molar-refractivity contribution in [2.45, 2.75) is 19.4 Å². The van der Waals surface area contributed by atoms with Crippen molar-refractivity contribution in [2.24, 2.45) is 10.9 Å². The second-order valence-electron chi connectivity index (χ2n) is 4.89. The molecular weight excluding hydrogens is 232 g/mol. The molecule has 0 unspecified atom stereocenters. The number of ether oxygens (including phenoxy) is 1. The summed E-state index contributed by atoms with van der Waals surface area (Å²) in [6.07, 6.45) is 1.63. The second kappa shape index (κ2) is 4.81. The zero-order chi connectivity index (χ0) is 13.2. The summed E-state index contributed by atoms with van der Waals surface area (Å²) < 4.78 is 5.67. The second-order valence-corrected chi connectivity index (χ2v) is 4.89. The highest BCUT2D eigenvalue weighted by atomic mass is 16.5. The van der Waals surface area contributed by atoms with Gasteiger partial charge in [-0.1, -0.05) is 5.16 Å². The van der Waals surface area contributed by atoms with E-state index in [0.29, 0.717) is 12.3 Å².